The number of benzene rings is 1. The molecule has 0 unspecified atom stereocenters. The van der Waals surface area contributed by atoms with Gasteiger partial charge in [-0.2, -0.15) is 0 Å². The summed E-state index contributed by atoms with van der Waals surface area (Å²) >= 11 is 0. The molecule has 1 saturated heterocycles. The second kappa shape index (κ2) is 4.42. The standard InChI is InChI=1S/C11H14N2O2/c12-5-11(14)8-1-3-9(4-2-8)15-10-6-13-7-10/h1-4,10,13H,5-7,12H2. The number of hydrogen-bond donors (Lipinski definition) is 2. The fourth-order valence-corrected chi connectivity index (χ4v) is 1.38. The number of carbonyl (C=O) groups excluding carboxylic acids is 1. The zero-order chi connectivity index (χ0) is 10.7. The van der Waals surface area contributed by atoms with Gasteiger partial charge >= 0.3 is 0 Å². The number of hydrogen-bond acceptors (Lipinski definition) is 4. The van der Waals surface area contributed by atoms with E-state index in [-0.39, 0.29) is 18.4 Å². The minimum absolute atomic E-state index is 0.0484. The van der Waals surface area contributed by atoms with Gasteiger partial charge in [0.1, 0.15) is 11.9 Å². The van der Waals surface area contributed by atoms with Crippen LogP contribution in [-0.4, -0.2) is 31.5 Å². The van der Waals surface area contributed by atoms with Crippen LogP contribution in [0.1, 0.15) is 10.4 Å². The van der Waals surface area contributed by atoms with Crippen molar-refractivity contribution in [3.05, 3.63) is 29.8 Å². The summed E-state index contributed by atoms with van der Waals surface area (Å²) in [5.74, 6) is 0.752. The molecule has 3 N–H and O–H groups in total. The molecule has 0 atom stereocenters. The van der Waals surface area contributed by atoms with E-state index in [2.05, 4.69) is 5.32 Å². The number of ether oxygens (including phenoxy) is 1. The van der Waals surface area contributed by atoms with Gasteiger partial charge in [0, 0.05) is 18.7 Å². The molecule has 1 aliphatic rings. The van der Waals surface area contributed by atoms with Gasteiger partial charge in [0.2, 0.25) is 0 Å². The van der Waals surface area contributed by atoms with Crippen molar-refractivity contribution >= 4 is 5.78 Å². The van der Waals surface area contributed by atoms with E-state index in [4.69, 9.17) is 10.5 Å². The van der Waals surface area contributed by atoms with Gasteiger partial charge in [-0.15, -0.1) is 0 Å². The second-order valence-electron chi connectivity index (χ2n) is 3.55. The molecule has 1 aliphatic heterocycles. The quantitative estimate of drug-likeness (QED) is 0.690. The Morgan fingerprint density at radius 1 is 1.40 bits per heavy atom. The van der Waals surface area contributed by atoms with E-state index in [1.807, 2.05) is 0 Å². The summed E-state index contributed by atoms with van der Waals surface area (Å²) in [4.78, 5) is 11.2. The molecule has 0 radical (unpaired) electrons. The molecular formula is C11H14N2O2. The third kappa shape index (κ3) is 2.34. The maximum absolute atomic E-state index is 11.2. The Morgan fingerprint density at radius 2 is 2.07 bits per heavy atom. The van der Waals surface area contributed by atoms with Crippen molar-refractivity contribution in [3.8, 4) is 5.75 Å². The first-order chi connectivity index (χ1) is 7.29. The number of rotatable bonds is 4. The minimum Gasteiger partial charge on any atom is -0.488 e. The highest BCUT2D eigenvalue weighted by molar-refractivity contribution is 5.97. The predicted molar refractivity (Wildman–Crippen MR) is 57.1 cm³/mol. The predicted octanol–water partition coefficient (Wildman–Crippen LogP) is 0.179. The Morgan fingerprint density at radius 3 is 2.53 bits per heavy atom. The molecule has 15 heavy (non-hydrogen) atoms. The van der Waals surface area contributed by atoms with E-state index in [0.717, 1.165) is 18.8 Å². The Kier molecular flexibility index (Phi) is 2.99. The molecule has 4 nitrogen and oxygen atoms in total. The highest BCUT2D eigenvalue weighted by atomic mass is 16.5. The lowest BCUT2D eigenvalue weighted by atomic mass is 10.1. The lowest BCUT2D eigenvalue weighted by molar-refractivity contribution is 0.100. The summed E-state index contributed by atoms with van der Waals surface area (Å²) in [6, 6.07) is 7.11. The Hall–Kier alpha value is -1.39. The van der Waals surface area contributed by atoms with Gasteiger partial charge in [-0.3, -0.25) is 4.79 Å². The van der Waals surface area contributed by atoms with Gasteiger partial charge in [-0.1, -0.05) is 0 Å². The molecular weight excluding hydrogens is 192 g/mol. The largest absolute Gasteiger partial charge is 0.488 e. The van der Waals surface area contributed by atoms with Crippen molar-refractivity contribution in [2.24, 2.45) is 5.73 Å². The zero-order valence-electron chi connectivity index (χ0n) is 8.40. The van der Waals surface area contributed by atoms with E-state index in [1.54, 1.807) is 24.3 Å². The summed E-state index contributed by atoms with van der Waals surface area (Å²) in [5.41, 5.74) is 5.90. The maximum atomic E-state index is 11.2. The van der Waals surface area contributed by atoms with E-state index < -0.39 is 0 Å². The normalized spacial score (nSPS) is 15.8. The van der Waals surface area contributed by atoms with Crippen molar-refractivity contribution in [1.29, 1.82) is 0 Å². The highest BCUT2D eigenvalue weighted by Crippen LogP contribution is 2.15. The van der Waals surface area contributed by atoms with Crippen LogP contribution in [-0.2, 0) is 0 Å². The smallest absolute Gasteiger partial charge is 0.176 e. The van der Waals surface area contributed by atoms with E-state index in [1.165, 1.54) is 0 Å². The number of Topliss-reactive ketones (excluding diaryl/α,β-unsaturated/α-hetero) is 1. The summed E-state index contributed by atoms with van der Waals surface area (Å²) in [6.45, 7) is 1.83. The van der Waals surface area contributed by atoms with Gasteiger partial charge in [-0.25, -0.2) is 0 Å². The fraction of sp³-hybridized carbons (Fsp3) is 0.364. The molecule has 0 saturated carbocycles. The van der Waals surface area contributed by atoms with Crippen molar-refractivity contribution < 1.29 is 9.53 Å². The van der Waals surface area contributed by atoms with Crippen LogP contribution >= 0.6 is 0 Å². The van der Waals surface area contributed by atoms with Crippen molar-refractivity contribution in [1.82, 2.24) is 5.32 Å². The van der Waals surface area contributed by atoms with Gasteiger partial charge in [0.05, 0.1) is 6.54 Å². The molecule has 0 spiro atoms. The molecule has 1 aromatic carbocycles. The van der Waals surface area contributed by atoms with Crippen LogP contribution in [0.2, 0.25) is 0 Å². The molecule has 0 amide bonds. The molecule has 4 heteroatoms. The average Bonchev–Trinajstić information content (AvgIpc) is 2.23. The van der Waals surface area contributed by atoms with Gasteiger partial charge in [0.25, 0.3) is 0 Å². The SMILES string of the molecule is NCC(=O)c1ccc(OC2CNC2)cc1. The lowest BCUT2D eigenvalue weighted by Crippen LogP contribution is -2.50. The first kappa shape index (κ1) is 10.1. The number of nitrogens with two attached hydrogens (primary N) is 1. The molecule has 80 valence electrons. The molecule has 0 bridgehead atoms. The van der Waals surface area contributed by atoms with Crippen molar-refractivity contribution in [2.45, 2.75) is 6.10 Å². The average molecular weight is 206 g/mol. The molecule has 1 fully saturated rings. The highest BCUT2D eigenvalue weighted by Gasteiger charge is 2.18. The lowest BCUT2D eigenvalue weighted by Gasteiger charge is -2.27. The molecule has 2 rings (SSSR count). The van der Waals surface area contributed by atoms with E-state index in [9.17, 15) is 4.79 Å². The Bertz CT molecular complexity index is 344. The third-order valence-corrected chi connectivity index (χ3v) is 2.41. The number of nitrogens with one attached hydrogen (secondary N) is 1. The van der Waals surface area contributed by atoms with Gasteiger partial charge in [-0.05, 0) is 24.3 Å². The Balaban J connectivity index is 1.99. The fourth-order valence-electron chi connectivity index (χ4n) is 1.38. The van der Waals surface area contributed by atoms with E-state index >= 15 is 0 Å². The van der Waals surface area contributed by atoms with Crippen LogP contribution < -0.4 is 15.8 Å². The van der Waals surface area contributed by atoms with Gasteiger partial charge < -0.3 is 15.8 Å². The Labute approximate surface area is 88.4 Å². The first-order valence-electron chi connectivity index (χ1n) is 5.00. The van der Waals surface area contributed by atoms with Crippen LogP contribution in [0.3, 0.4) is 0 Å². The molecule has 1 heterocycles. The third-order valence-electron chi connectivity index (χ3n) is 2.41. The van der Waals surface area contributed by atoms with Crippen LogP contribution in [0.5, 0.6) is 5.75 Å². The monoisotopic (exact) mass is 206 g/mol. The van der Waals surface area contributed by atoms with Crippen molar-refractivity contribution in [3.63, 3.8) is 0 Å². The molecule has 0 aromatic heterocycles. The summed E-state index contributed by atoms with van der Waals surface area (Å²) in [7, 11) is 0. The first-order valence-corrected chi connectivity index (χ1v) is 5.00. The topological polar surface area (TPSA) is 64.4 Å². The van der Waals surface area contributed by atoms with E-state index in [0.29, 0.717) is 5.56 Å². The van der Waals surface area contributed by atoms with Gasteiger partial charge in [0.15, 0.2) is 5.78 Å². The van der Waals surface area contributed by atoms with Crippen LogP contribution in [0.4, 0.5) is 0 Å². The summed E-state index contributed by atoms with van der Waals surface area (Å²) in [5, 5.41) is 3.12. The van der Waals surface area contributed by atoms with Crippen LogP contribution in [0.15, 0.2) is 24.3 Å². The van der Waals surface area contributed by atoms with Crippen LogP contribution in [0, 0.1) is 0 Å². The maximum Gasteiger partial charge on any atom is 0.176 e. The number of carbonyl (C=O) groups is 1. The zero-order valence-corrected chi connectivity index (χ0v) is 8.40. The summed E-state index contributed by atoms with van der Waals surface area (Å²) < 4.78 is 5.61. The molecule has 1 aromatic rings. The molecule has 0 aliphatic carbocycles. The summed E-state index contributed by atoms with van der Waals surface area (Å²) in [6.07, 6.45) is 0.265. The minimum atomic E-state index is -0.0492. The second-order valence-corrected chi connectivity index (χ2v) is 3.55. The van der Waals surface area contributed by atoms with Crippen LogP contribution in [0.25, 0.3) is 0 Å². The number of ketones is 1. The van der Waals surface area contributed by atoms with Crippen molar-refractivity contribution in [2.75, 3.05) is 19.6 Å².